The van der Waals surface area contributed by atoms with Gasteiger partial charge in [-0.05, 0) is 18.9 Å². The second kappa shape index (κ2) is 5.95. The first kappa shape index (κ1) is 12.3. The maximum atomic E-state index is 5.46. The molecule has 94 valence electrons. The molecule has 2 rings (SSSR count). The number of ether oxygens (including phenoxy) is 1. The van der Waals surface area contributed by atoms with Crippen molar-refractivity contribution >= 4 is 5.82 Å². The average Bonchev–Trinajstić information content (AvgIpc) is 3.19. The Bertz CT molecular complexity index is 354. The molecule has 0 amide bonds. The second-order valence-electron chi connectivity index (χ2n) is 4.35. The Balaban J connectivity index is 2.00. The van der Waals surface area contributed by atoms with Gasteiger partial charge in [0.2, 0.25) is 0 Å². The van der Waals surface area contributed by atoms with Crippen LogP contribution in [0.5, 0.6) is 0 Å². The molecule has 0 bridgehead atoms. The molecule has 5 nitrogen and oxygen atoms in total. The molecule has 3 N–H and O–H groups in total. The summed E-state index contributed by atoms with van der Waals surface area (Å²) in [7, 11) is 1.74. The lowest BCUT2D eigenvalue weighted by Crippen LogP contribution is -2.29. The minimum atomic E-state index is 0.705. The average molecular weight is 236 g/mol. The molecule has 0 aromatic carbocycles. The maximum absolute atomic E-state index is 5.46. The van der Waals surface area contributed by atoms with Gasteiger partial charge in [0.25, 0.3) is 0 Å². The molecule has 5 heteroatoms. The van der Waals surface area contributed by atoms with Gasteiger partial charge in [-0.1, -0.05) is 6.07 Å². The van der Waals surface area contributed by atoms with Gasteiger partial charge < -0.3 is 10.2 Å². The highest BCUT2D eigenvalue weighted by atomic mass is 16.5. The summed E-state index contributed by atoms with van der Waals surface area (Å²) >= 11 is 0. The van der Waals surface area contributed by atoms with Crippen LogP contribution >= 0.6 is 0 Å². The van der Waals surface area contributed by atoms with Crippen LogP contribution in [0, 0.1) is 0 Å². The molecule has 1 saturated carbocycles. The molecule has 0 spiro atoms. The van der Waals surface area contributed by atoms with Crippen LogP contribution in [0.1, 0.15) is 18.4 Å². The predicted molar refractivity (Wildman–Crippen MR) is 67.4 cm³/mol. The van der Waals surface area contributed by atoms with Crippen molar-refractivity contribution in [1.29, 1.82) is 0 Å². The zero-order valence-corrected chi connectivity index (χ0v) is 10.2. The summed E-state index contributed by atoms with van der Waals surface area (Å²) in [6.45, 7) is 2.60. The van der Waals surface area contributed by atoms with Gasteiger partial charge in [0.15, 0.2) is 0 Å². The number of nitrogens with two attached hydrogens (primary N) is 1. The number of rotatable bonds is 7. The van der Waals surface area contributed by atoms with E-state index in [-0.39, 0.29) is 0 Å². The summed E-state index contributed by atoms with van der Waals surface area (Å²) in [6.07, 6.45) is 4.32. The van der Waals surface area contributed by atoms with Crippen LogP contribution in [0.25, 0.3) is 0 Å². The van der Waals surface area contributed by atoms with E-state index in [1.807, 2.05) is 6.07 Å². The van der Waals surface area contributed by atoms with Crippen molar-refractivity contribution < 1.29 is 4.74 Å². The highest BCUT2D eigenvalue weighted by Crippen LogP contribution is 2.28. The number of nitrogen functional groups attached to an aromatic ring is 1. The molecular weight excluding hydrogens is 216 g/mol. The highest BCUT2D eigenvalue weighted by Gasteiger charge is 2.29. The Hall–Kier alpha value is -1.17. The third-order valence-corrected chi connectivity index (χ3v) is 3.05. The van der Waals surface area contributed by atoms with E-state index in [1.54, 1.807) is 13.3 Å². The van der Waals surface area contributed by atoms with Crippen molar-refractivity contribution in [3.05, 3.63) is 23.9 Å². The maximum Gasteiger partial charge on any atom is 0.144 e. The minimum Gasteiger partial charge on any atom is -0.383 e. The first-order chi connectivity index (χ1) is 8.35. The SMILES string of the molecule is COCCN(Cc1cccnc1NN)C1CC1. The normalized spacial score (nSPS) is 15.2. The summed E-state index contributed by atoms with van der Waals surface area (Å²) < 4.78 is 5.15. The summed E-state index contributed by atoms with van der Waals surface area (Å²) in [6, 6.07) is 4.71. The molecule has 0 unspecified atom stereocenters. The summed E-state index contributed by atoms with van der Waals surface area (Å²) in [5.41, 5.74) is 3.78. The van der Waals surface area contributed by atoms with Crippen molar-refractivity contribution in [2.24, 2.45) is 5.84 Å². The molecule has 0 atom stereocenters. The number of anilines is 1. The first-order valence-electron chi connectivity index (χ1n) is 5.98. The summed E-state index contributed by atoms with van der Waals surface area (Å²) in [5, 5.41) is 0. The van der Waals surface area contributed by atoms with E-state index in [9.17, 15) is 0 Å². The van der Waals surface area contributed by atoms with Crippen LogP contribution in [0.15, 0.2) is 18.3 Å². The fourth-order valence-electron chi connectivity index (χ4n) is 1.95. The lowest BCUT2D eigenvalue weighted by Gasteiger charge is -2.22. The molecule has 1 aliphatic carbocycles. The quantitative estimate of drug-likeness (QED) is 0.546. The zero-order chi connectivity index (χ0) is 12.1. The number of hydrogen-bond donors (Lipinski definition) is 2. The van der Waals surface area contributed by atoms with Crippen molar-refractivity contribution in [2.45, 2.75) is 25.4 Å². The van der Waals surface area contributed by atoms with Crippen LogP contribution in [-0.4, -0.2) is 36.2 Å². The number of aromatic nitrogens is 1. The van der Waals surface area contributed by atoms with Crippen molar-refractivity contribution in [3.8, 4) is 0 Å². The molecule has 1 fully saturated rings. The molecule has 0 radical (unpaired) electrons. The number of nitrogens with one attached hydrogen (secondary N) is 1. The third kappa shape index (κ3) is 3.39. The van der Waals surface area contributed by atoms with Gasteiger partial charge in [-0.25, -0.2) is 10.8 Å². The molecule has 1 aromatic heterocycles. The minimum absolute atomic E-state index is 0.705. The Morgan fingerprint density at radius 2 is 2.41 bits per heavy atom. The van der Waals surface area contributed by atoms with E-state index in [1.165, 1.54) is 12.8 Å². The van der Waals surface area contributed by atoms with Gasteiger partial charge >= 0.3 is 0 Å². The van der Waals surface area contributed by atoms with Gasteiger partial charge in [-0.15, -0.1) is 0 Å². The van der Waals surface area contributed by atoms with Gasteiger partial charge in [0.05, 0.1) is 6.61 Å². The second-order valence-corrected chi connectivity index (χ2v) is 4.35. The number of hydrogen-bond acceptors (Lipinski definition) is 5. The van der Waals surface area contributed by atoms with E-state index in [0.29, 0.717) is 6.04 Å². The molecule has 1 heterocycles. The van der Waals surface area contributed by atoms with Crippen LogP contribution in [0.4, 0.5) is 5.82 Å². The summed E-state index contributed by atoms with van der Waals surface area (Å²) in [4.78, 5) is 6.65. The Morgan fingerprint density at radius 3 is 3.06 bits per heavy atom. The Kier molecular flexibility index (Phi) is 4.30. The van der Waals surface area contributed by atoms with Crippen molar-refractivity contribution in [1.82, 2.24) is 9.88 Å². The highest BCUT2D eigenvalue weighted by molar-refractivity contribution is 5.42. The van der Waals surface area contributed by atoms with Gasteiger partial charge in [0, 0.05) is 38.0 Å². The third-order valence-electron chi connectivity index (χ3n) is 3.05. The first-order valence-corrected chi connectivity index (χ1v) is 5.98. The lowest BCUT2D eigenvalue weighted by atomic mass is 10.2. The van der Waals surface area contributed by atoms with Crippen LogP contribution in [0.2, 0.25) is 0 Å². The van der Waals surface area contributed by atoms with E-state index in [0.717, 1.165) is 31.1 Å². The molecule has 1 aromatic rings. The van der Waals surface area contributed by atoms with E-state index in [4.69, 9.17) is 10.6 Å². The van der Waals surface area contributed by atoms with Gasteiger partial charge in [-0.3, -0.25) is 4.90 Å². The molecule has 1 aliphatic rings. The zero-order valence-electron chi connectivity index (χ0n) is 10.2. The van der Waals surface area contributed by atoms with Crippen molar-refractivity contribution in [3.63, 3.8) is 0 Å². The van der Waals surface area contributed by atoms with Crippen molar-refractivity contribution in [2.75, 3.05) is 25.7 Å². The summed E-state index contributed by atoms with van der Waals surface area (Å²) in [5.74, 6) is 6.22. The van der Waals surface area contributed by atoms with Crippen LogP contribution in [0.3, 0.4) is 0 Å². The monoisotopic (exact) mass is 236 g/mol. The number of hydrazine groups is 1. The smallest absolute Gasteiger partial charge is 0.144 e. The number of methoxy groups -OCH3 is 1. The number of pyridine rings is 1. The van der Waals surface area contributed by atoms with Gasteiger partial charge in [0.1, 0.15) is 5.82 Å². The molecular formula is C12H20N4O. The Labute approximate surface area is 102 Å². The largest absolute Gasteiger partial charge is 0.383 e. The number of nitrogens with zero attached hydrogens (tertiary/aromatic N) is 2. The fourth-order valence-corrected chi connectivity index (χ4v) is 1.95. The molecule has 0 aliphatic heterocycles. The Morgan fingerprint density at radius 1 is 1.59 bits per heavy atom. The molecule has 17 heavy (non-hydrogen) atoms. The topological polar surface area (TPSA) is 63.4 Å². The lowest BCUT2D eigenvalue weighted by molar-refractivity contribution is 0.139. The predicted octanol–water partition coefficient (Wildman–Crippen LogP) is 0.978. The standard InChI is InChI=1S/C12H20N4O/c1-17-8-7-16(11-4-5-11)9-10-3-2-6-14-12(10)15-13/h2-3,6,11H,4-5,7-9,13H2,1H3,(H,14,15). The van der Waals surface area contributed by atoms with E-state index < -0.39 is 0 Å². The molecule has 0 saturated heterocycles. The van der Waals surface area contributed by atoms with E-state index >= 15 is 0 Å². The van der Waals surface area contributed by atoms with Gasteiger partial charge in [-0.2, -0.15) is 0 Å². The van der Waals surface area contributed by atoms with E-state index in [2.05, 4.69) is 21.4 Å². The van der Waals surface area contributed by atoms with Crippen LogP contribution < -0.4 is 11.3 Å². The van der Waals surface area contributed by atoms with Crippen LogP contribution in [-0.2, 0) is 11.3 Å². The fraction of sp³-hybridized carbons (Fsp3) is 0.583.